The molecule has 2 N–H and O–H groups in total. The lowest BCUT2D eigenvalue weighted by Gasteiger charge is -2.26. The minimum Gasteiger partial charge on any atom is -0.328 e. The van der Waals surface area contributed by atoms with Crippen LogP contribution in [-0.4, -0.2) is 16.1 Å². The van der Waals surface area contributed by atoms with Gasteiger partial charge in [0, 0.05) is 24.7 Å². The number of nitrogens with two attached hydrogens (primary N) is 1. The van der Waals surface area contributed by atoms with Crippen LogP contribution in [0.3, 0.4) is 0 Å². The highest BCUT2D eigenvalue weighted by Gasteiger charge is 2.23. The van der Waals surface area contributed by atoms with Crippen LogP contribution in [-0.2, 0) is 12.8 Å². The lowest BCUT2D eigenvalue weighted by Crippen LogP contribution is -2.26. The first-order valence-electron chi connectivity index (χ1n) is 5.54. The van der Waals surface area contributed by atoms with Crippen molar-refractivity contribution in [2.45, 2.75) is 45.6 Å². The Morgan fingerprint density at radius 2 is 2.36 bits per heavy atom. The van der Waals surface area contributed by atoms with Crippen LogP contribution in [0.5, 0.6) is 0 Å². The molecule has 3 nitrogen and oxygen atoms in total. The predicted molar refractivity (Wildman–Crippen MR) is 57.4 cm³/mol. The molecule has 0 spiro atoms. The molecule has 1 aromatic heterocycles. The minimum atomic E-state index is 0.495. The van der Waals surface area contributed by atoms with E-state index in [9.17, 15) is 0 Å². The van der Waals surface area contributed by atoms with Crippen LogP contribution in [0.2, 0.25) is 0 Å². The fraction of sp³-hybridized carbons (Fsp3) is 0.727. The molecule has 0 saturated carbocycles. The van der Waals surface area contributed by atoms with Crippen LogP contribution in [0.15, 0.2) is 0 Å². The maximum atomic E-state index is 5.80. The third kappa shape index (κ3) is 1.36. The molecular weight excluding hydrogens is 174 g/mol. The summed E-state index contributed by atoms with van der Waals surface area (Å²) >= 11 is 0. The largest absolute Gasteiger partial charge is 0.328 e. The van der Waals surface area contributed by atoms with Gasteiger partial charge in [0.15, 0.2) is 0 Å². The molecule has 0 amide bonds. The summed E-state index contributed by atoms with van der Waals surface area (Å²) in [5.41, 5.74) is 8.43. The fourth-order valence-corrected chi connectivity index (χ4v) is 2.48. The standard InChI is InChI=1S/C11H19N3/c1-3-11-13-8(2)10-6-4-5-9(7-12)14(10)11/h9H,3-7,12H2,1-2H3. The van der Waals surface area contributed by atoms with Gasteiger partial charge in [0.25, 0.3) is 0 Å². The molecule has 14 heavy (non-hydrogen) atoms. The zero-order chi connectivity index (χ0) is 10.1. The van der Waals surface area contributed by atoms with Crippen molar-refractivity contribution < 1.29 is 0 Å². The first kappa shape index (κ1) is 9.71. The molecule has 0 radical (unpaired) electrons. The van der Waals surface area contributed by atoms with E-state index in [2.05, 4.69) is 23.4 Å². The molecule has 1 unspecified atom stereocenters. The van der Waals surface area contributed by atoms with Crippen molar-refractivity contribution in [2.24, 2.45) is 5.73 Å². The zero-order valence-electron chi connectivity index (χ0n) is 9.08. The second-order valence-electron chi connectivity index (χ2n) is 4.07. The number of aromatic nitrogens is 2. The zero-order valence-corrected chi connectivity index (χ0v) is 9.08. The highest BCUT2D eigenvalue weighted by Crippen LogP contribution is 2.28. The predicted octanol–water partition coefficient (Wildman–Crippen LogP) is 1.59. The summed E-state index contributed by atoms with van der Waals surface area (Å²) in [5.74, 6) is 1.22. The molecular formula is C11H19N3. The summed E-state index contributed by atoms with van der Waals surface area (Å²) in [4.78, 5) is 4.62. The second kappa shape index (κ2) is 3.73. The molecule has 0 saturated heterocycles. The molecule has 0 aromatic carbocycles. The van der Waals surface area contributed by atoms with Crippen molar-refractivity contribution in [1.82, 2.24) is 9.55 Å². The third-order valence-corrected chi connectivity index (χ3v) is 3.19. The number of hydrogen-bond donors (Lipinski definition) is 1. The normalized spacial score (nSPS) is 20.9. The summed E-state index contributed by atoms with van der Waals surface area (Å²) in [6.45, 7) is 5.02. The van der Waals surface area contributed by atoms with E-state index in [1.807, 2.05) is 0 Å². The van der Waals surface area contributed by atoms with Gasteiger partial charge in [0.2, 0.25) is 0 Å². The van der Waals surface area contributed by atoms with E-state index in [0.717, 1.165) is 13.0 Å². The van der Waals surface area contributed by atoms with Crippen LogP contribution < -0.4 is 5.73 Å². The molecule has 2 rings (SSSR count). The van der Waals surface area contributed by atoms with Gasteiger partial charge in [-0.1, -0.05) is 6.92 Å². The van der Waals surface area contributed by atoms with Crippen molar-refractivity contribution in [3.8, 4) is 0 Å². The molecule has 1 aliphatic rings. The first-order chi connectivity index (χ1) is 6.77. The lowest BCUT2D eigenvalue weighted by atomic mass is 10.0. The Bertz CT molecular complexity index is 328. The number of nitrogens with zero attached hydrogens (tertiary/aromatic N) is 2. The summed E-state index contributed by atoms with van der Waals surface area (Å²) in [6, 6.07) is 0.495. The maximum Gasteiger partial charge on any atom is 0.109 e. The topological polar surface area (TPSA) is 43.8 Å². The summed E-state index contributed by atoms with van der Waals surface area (Å²) in [7, 11) is 0. The molecule has 1 atom stereocenters. The minimum absolute atomic E-state index is 0.495. The molecule has 0 bridgehead atoms. The fourth-order valence-electron chi connectivity index (χ4n) is 2.48. The quantitative estimate of drug-likeness (QED) is 0.775. The number of fused-ring (bicyclic) bond motifs is 1. The molecule has 1 aliphatic heterocycles. The number of hydrogen-bond acceptors (Lipinski definition) is 2. The number of rotatable bonds is 2. The van der Waals surface area contributed by atoms with Crippen LogP contribution in [0.1, 0.15) is 43.0 Å². The average molecular weight is 193 g/mol. The lowest BCUT2D eigenvalue weighted by molar-refractivity contribution is 0.398. The number of imidazole rings is 1. The number of aryl methyl sites for hydroxylation is 2. The van der Waals surface area contributed by atoms with Crippen molar-refractivity contribution in [2.75, 3.05) is 6.54 Å². The van der Waals surface area contributed by atoms with Gasteiger partial charge >= 0.3 is 0 Å². The Labute approximate surface area is 85.3 Å². The van der Waals surface area contributed by atoms with Crippen molar-refractivity contribution >= 4 is 0 Å². The molecule has 1 aromatic rings. The Balaban J connectivity index is 2.48. The summed E-state index contributed by atoms with van der Waals surface area (Å²) in [5, 5.41) is 0. The molecule has 0 aliphatic carbocycles. The van der Waals surface area contributed by atoms with Crippen molar-refractivity contribution in [1.29, 1.82) is 0 Å². The monoisotopic (exact) mass is 193 g/mol. The van der Waals surface area contributed by atoms with Crippen LogP contribution in [0, 0.1) is 6.92 Å². The van der Waals surface area contributed by atoms with Crippen molar-refractivity contribution in [3.05, 3.63) is 17.2 Å². The smallest absolute Gasteiger partial charge is 0.109 e. The van der Waals surface area contributed by atoms with E-state index in [1.165, 1.54) is 36.5 Å². The van der Waals surface area contributed by atoms with Crippen LogP contribution in [0.25, 0.3) is 0 Å². The van der Waals surface area contributed by atoms with Gasteiger partial charge in [-0.05, 0) is 26.2 Å². The van der Waals surface area contributed by atoms with Crippen LogP contribution in [0.4, 0.5) is 0 Å². The Morgan fingerprint density at radius 3 is 3.00 bits per heavy atom. The molecule has 0 fully saturated rings. The van der Waals surface area contributed by atoms with E-state index < -0.39 is 0 Å². The van der Waals surface area contributed by atoms with Gasteiger partial charge in [0.05, 0.1) is 5.69 Å². The van der Waals surface area contributed by atoms with E-state index in [4.69, 9.17) is 5.73 Å². The van der Waals surface area contributed by atoms with Crippen LogP contribution >= 0.6 is 0 Å². The van der Waals surface area contributed by atoms with E-state index in [1.54, 1.807) is 0 Å². The van der Waals surface area contributed by atoms with Gasteiger partial charge in [-0.25, -0.2) is 4.98 Å². The first-order valence-corrected chi connectivity index (χ1v) is 5.54. The van der Waals surface area contributed by atoms with E-state index in [-0.39, 0.29) is 0 Å². The van der Waals surface area contributed by atoms with E-state index >= 15 is 0 Å². The molecule has 3 heteroatoms. The third-order valence-electron chi connectivity index (χ3n) is 3.19. The second-order valence-corrected chi connectivity index (χ2v) is 4.07. The Morgan fingerprint density at radius 1 is 1.57 bits per heavy atom. The maximum absolute atomic E-state index is 5.80. The Hall–Kier alpha value is -0.830. The van der Waals surface area contributed by atoms with Gasteiger partial charge < -0.3 is 10.3 Å². The van der Waals surface area contributed by atoms with Gasteiger partial charge in [-0.2, -0.15) is 0 Å². The van der Waals surface area contributed by atoms with E-state index in [0.29, 0.717) is 6.04 Å². The molecule has 2 heterocycles. The van der Waals surface area contributed by atoms with Gasteiger partial charge in [-0.3, -0.25) is 0 Å². The SMILES string of the molecule is CCc1nc(C)c2n1C(CN)CCC2. The summed E-state index contributed by atoms with van der Waals surface area (Å²) < 4.78 is 2.39. The summed E-state index contributed by atoms with van der Waals surface area (Å²) in [6.07, 6.45) is 4.66. The Kier molecular flexibility index (Phi) is 2.59. The van der Waals surface area contributed by atoms with Crippen molar-refractivity contribution in [3.63, 3.8) is 0 Å². The highest BCUT2D eigenvalue weighted by atomic mass is 15.1. The average Bonchev–Trinajstić information content (AvgIpc) is 2.56. The van der Waals surface area contributed by atoms with Gasteiger partial charge in [-0.15, -0.1) is 0 Å². The molecule has 78 valence electrons. The van der Waals surface area contributed by atoms with Gasteiger partial charge in [0.1, 0.15) is 5.82 Å². The highest BCUT2D eigenvalue weighted by molar-refractivity contribution is 5.19.